The molecule has 1 aliphatic heterocycles. The molecule has 1 saturated heterocycles. The molecule has 3 rings (SSSR count). The molecular formula is C17H19BO6. The summed E-state index contributed by atoms with van der Waals surface area (Å²) < 4.78 is 21.9. The van der Waals surface area contributed by atoms with E-state index in [1.165, 1.54) is 7.11 Å². The largest absolute Gasteiger partial charge is 0.494 e. The monoisotopic (exact) mass is 330 g/mol. The maximum atomic E-state index is 12.5. The second-order valence-corrected chi connectivity index (χ2v) is 6.81. The molecule has 0 unspecified atom stereocenters. The number of fused-ring (bicyclic) bond motifs is 1. The van der Waals surface area contributed by atoms with Crippen LogP contribution < -0.4 is 10.9 Å². The van der Waals surface area contributed by atoms with Gasteiger partial charge in [-0.15, -0.1) is 0 Å². The van der Waals surface area contributed by atoms with Crippen LogP contribution in [0.5, 0.6) is 0 Å². The summed E-state index contributed by atoms with van der Waals surface area (Å²) >= 11 is 0. The lowest BCUT2D eigenvalue weighted by Crippen LogP contribution is -2.41. The van der Waals surface area contributed by atoms with Gasteiger partial charge in [-0.1, -0.05) is 6.07 Å². The van der Waals surface area contributed by atoms with Gasteiger partial charge in [-0.3, -0.25) is 4.79 Å². The molecule has 0 amide bonds. The SMILES string of the molecule is COC(=O)c1coc2ccc(B3OC(C)(C)C(C)(C)O3)cc2c1=O. The van der Waals surface area contributed by atoms with Gasteiger partial charge in [0, 0.05) is 0 Å². The zero-order valence-electron chi connectivity index (χ0n) is 14.3. The minimum absolute atomic E-state index is 0.143. The molecule has 0 spiro atoms. The van der Waals surface area contributed by atoms with Gasteiger partial charge in [0.15, 0.2) is 0 Å². The van der Waals surface area contributed by atoms with E-state index < -0.39 is 29.7 Å². The highest BCUT2D eigenvalue weighted by atomic mass is 16.7. The lowest BCUT2D eigenvalue weighted by Gasteiger charge is -2.32. The van der Waals surface area contributed by atoms with Crippen LogP contribution in [0.15, 0.2) is 33.7 Å². The van der Waals surface area contributed by atoms with Crippen LogP contribution in [0.25, 0.3) is 11.0 Å². The van der Waals surface area contributed by atoms with Gasteiger partial charge < -0.3 is 18.5 Å². The van der Waals surface area contributed by atoms with Crippen molar-refractivity contribution in [3.8, 4) is 0 Å². The third kappa shape index (κ3) is 2.54. The Kier molecular flexibility index (Phi) is 3.81. The fraction of sp³-hybridized carbons (Fsp3) is 0.412. The van der Waals surface area contributed by atoms with Crippen LogP contribution in [0.3, 0.4) is 0 Å². The number of carbonyl (C=O) groups excluding carboxylic acids is 1. The lowest BCUT2D eigenvalue weighted by molar-refractivity contribution is 0.00578. The average molecular weight is 330 g/mol. The first kappa shape index (κ1) is 16.7. The Morgan fingerprint density at radius 2 is 1.75 bits per heavy atom. The molecule has 6 nitrogen and oxygen atoms in total. The van der Waals surface area contributed by atoms with Gasteiger partial charge >= 0.3 is 13.1 Å². The second kappa shape index (κ2) is 5.46. The highest BCUT2D eigenvalue weighted by molar-refractivity contribution is 6.62. The summed E-state index contributed by atoms with van der Waals surface area (Å²) in [5, 5.41) is 0.283. The topological polar surface area (TPSA) is 75.0 Å². The van der Waals surface area contributed by atoms with Gasteiger partial charge in [0.25, 0.3) is 0 Å². The summed E-state index contributed by atoms with van der Waals surface area (Å²) in [5.41, 5.74) is -0.475. The van der Waals surface area contributed by atoms with Crippen LogP contribution in [0, 0.1) is 0 Å². The first-order valence-electron chi connectivity index (χ1n) is 7.66. The quantitative estimate of drug-likeness (QED) is 0.618. The highest BCUT2D eigenvalue weighted by Crippen LogP contribution is 2.36. The van der Waals surface area contributed by atoms with E-state index in [2.05, 4.69) is 4.74 Å². The molecule has 0 saturated carbocycles. The van der Waals surface area contributed by atoms with Crippen LogP contribution in [-0.4, -0.2) is 31.4 Å². The maximum Gasteiger partial charge on any atom is 0.494 e. The van der Waals surface area contributed by atoms with Crippen molar-refractivity contribution in [3.05, 3.63) is 40.2 Å². The molecule has 1 aromatic heterocycles. The fourth-order valence-corrected chi connectivity index (χ4v) is 2.53. The molecule has 0 atom stereocenters. The molecule has 0 N–H and O–H groups in total. The minimum atomic E-state index is -0.730. The van der Waals surface area contributed by atoms with Crippen molar-refractivity contribution in [2.75, 3.05) is 7.11 Å². The van der Waals surface area contributed by atoms with Crippen molar-refractivity contribution in [2.24, 2.45) is 0 Å². The van der Waals surface area contributed by atoms with Crippen LogP contribution in [0.1, 0.15) is 38.1 Å². The van der Waals surface area contributed by atoms with E-state index in [1.54, 1.807) is 18.2 Å². The molecule has 2 heterocycles. The number of esters is 1. The Labute approximate surface area is 139 Å². The second-order valence-electron chi connectivity index (χ2n) is 6.81. The Morgan fingerprint density at radius 1 is 1.12 bits per heavy atom. The van der Waals surface area contributed by atoms with E-state index in [9.17, 15) is 9.59 Å². The first-order chi connectivity index (χ1) is 11.2. The smallest absolute Gasteiger partial charge is 0.465 e. The maximum absolute atomic E-state index is 12.5. The van der Waals surface area contributed by atoms with Crippen molar-refractivity contribution in [1.29, 1.82) is 0 Å². The number of methoxy groups -OCH3 is 1. The Morgan fingerprint density at radius 3 is 2.33 bits per heavy atom. The lowest BCUT2D eigenvalue weighted by atomic mass is 9.78. The molecule has 0 radical (unpaired) electrons. The van der Waals surface area contributed by atoms with E-state index in [0.29, 0.717) is 11.0 Å². The summed E-state index contributed by atoms with van der Waals surface area (Å²) in [6, 6.07) is 5.08. The number of benzene rings is 1. The zero-order valence-corrected chi connectivity index (χ0v) is 14.3. The van der Waals surface area contributed by atoms with Crippen molar-refractivity contribution < 1.29 is 23.3 Å². The van der Waals surface area contributed by atoms with Gasteiger partial charge in [0.05, 0.1) is 23.7 Å². The summed E-state index contributed by atoms with van der Waals surface area (Å²) in [7, 11) is 0.618. The number of hydrogen-bond donors (Lipinski definition) is 0. The number of rotatable bonds is 2. The predicted molar refractivity (Wildman–Crippen MR) is 89.5 cm³/mol. The number of hydrogen-bond acceptors (Lipinski definition) is 6. The molecule has 0 aliphatic carbocycles. The summed E-state index contributed by atoms with van der Waals surface area (Å²) in [6.45, 7) is 7.82. The Bertz CT molecular complexity index is 851. The Hall–Kier alpha value is -2.12. The molecule has 1 aromatic carbocycles. The Balaban J connectivity index is 2.07. The molecule has 1 fully saturated rings. The van der Waals surface area contributed by atoms with Gasteiger partial charge in [-0.25, -0.2) is 4.79 Å². The summed E-state index contributed by atoms with van der Waals surface area (Å²) in [4.78, 5) is 24.2. The molecule has 24 heavy (non-hydrogen) atoms. The van der Waals surface area contributed by atoms with Gasteiger partial charge in [0.1, 0.15) is 17.4 Å². The van der Waals surface area contributed by atoms with Crippen LogP contribution in [-0.2, 0) is 14.0 Å². The predicted octanol–water partition coefficient (Wildman–Crippen LogP) is 1.88. The fourth-order valence-electron chi connectivity index (χ4n) is 2.53. The van der Waals surface area contributed by atoms with Gasteiger partial charge in [-0.2, -0.15) is 0 Å². The standard InChI is InChI=1S/C17H19BO6/c1-16(2)17(3,4)24-18(23-16)10-6-7-13-11(8-10)14(19)12(9-22-13)15(20)21-5/h6-9H,1-5H3. The number of carbonyl (C=O) groups is 1. The third-order valence-electron chi connectivity index (χ3n) is 4.73. The van der Waals surface area contributed by atoms with Crippen LogP contribution >= 0.6 is 0 Å². The van der Waals surface area contributed by atoms with E-state index in [0.717, 1.165) is 6.26 Å². The normalized spacial score (nSPS) is 18.8. The number of ether oxygens (including phenoxy) is 1. The van der Waals surface area contributed by atoms with Crippen LogP contribution in [0.4, 0.5) is 0 Å². The molecule has 2 aromatic rings. The zero-order chi connectivity index (χ0) is 17.7. The van der Waals surface area contributed by atoms with Crippen molar-refractivity contribution >= 4 is 29.5 Å². The molecule has 0 bridgehead atoms. The van der Waals surface area contributed by atoms with Crippen molar-refractivity contribution in [3.63, 3.8) is 0 Å². The van der Waals surface area contributed by atoms with E-state index in [-0.39, 0.29) is 10.9 Å². The third-order valence-corrected chi connectivity index (χ3v) is 4.73. The minimum Gasteiger partial charge on any atom is -0.465 e. The molecule has 1 aliphatic rings. The van der Waals surface area contributed by atoms with Gasteiger partial charge in [0.2, 0.25) is 5.43 Å². The summed E-state index contributed by atoms with van der Waals surface area (Å²) in [6.07, 6.45) is 1.12. The van der Waals surface area contributed by atoms with E-state index >= 15 is 0 Å². The van der Waals surface area contributed by atoms with Crippen molar-refractivity contribution in [2.45, 2.75) is 38.9 Å². The highest BCUT2D eigenvalue weighted by Gasteiger charge is 2.51. The molecule has 7 heteroatoms. The average Bonchev–Trinajstić information content (AvgIpc) is 2.75. The molecular weight excluding hydrogens is 311 g/mol. The molecule has 126 valence electrons. The van der Waals surface area contributed by atoms with Crippen LogP contribution in [0.2, 0.25) is 0 Å². The van der Waals surface area contributed by atoms with Gasteiger partial charge in [-0.05, 0) is 45.3 Å². The van der Waals surface area contributed by atoms with E-state index in [1.807, 2.05) is 27.7 Å². The first-order valence-corrected chi connectivity index (χ1v) is 7.66. The van der Waals surface area contributed by atoms with E-state index in [4.69, 9.17) is 13.7 Å². The van der Waals surface area contributed by atoms with Crippen molar-refractivity contribution in [1.82, 2.24) is 0 Å². The summed E-state index contributed by atoms with van der Waals surface area (Å²) in [5.74, 6) is -0.730.